The van der Waals surface area contributed by atoms with Crippen LogP contribution < -0.4 is 15.0 Å². The van der Waals surface area contributed by atoms with Crippen LogP contribution in [0.3, 0.4) is 0 Å². The second-order valence-electron chi connectivity index (χ2n) is 8.28. The molecule has 1 saturated heterocycles. The number of carbonyl (C=O) groups is 1. The number of benzene rings is 3. The maximum absolute atomic E-state index is 14.2. The second-order valence-corrected chi connectivity index (χ2v) is 8.69. The molecule has 174 valence electrons. The summed E-state index contributed by atoms with van der Waals surface area (Å²) >= 11 is 6.60. The lowest BCUT2D eigenvalue weighted by Crippen LogP contribution is -2.25. The summed E-state index contributed by atoms with van der Waals surface area (Å²) in [6.07, 6.45) is 2.68. The highest BCUT2D eigenvalue weighted by Gasteiger charge is 2.26. The van der Waals surface area contributed by atoms with Crippen molar-refractivity contribution in [1.82, 2.24) is 0 Å². The zero-order valence-corrected chi connectivity index (χ0v) is 19.5. The minimum atomic E-state index is -0.483. The summed E-state index contributed by atoms with van der Waals surface area (Å²) in [7, 11) is 1.41. The standard InChI is InChI=1S/C27H24ClFN2O3/c1-33-26-8-3-17(14-24(26)29)13-22-21-15-20(23(28)16-25(21)30-27(22)32)18-4-6-19(7-5-18)31-9-2-11-34-12-10-31/h3-8,13-16H,2,9-12H2,1H3,(H,30,32)/b22-13-. The van der Waals surface area contributed by atoms with Crippen molar-refractivity contribution in [2.75, 3.05) is 43.6 Å². The number of halogens is 2. The fourth-order valence-corrected chi connectivity index (χ4v) is 4.64. The third kappa shape index (κ3) is 4.39. The zero-order valence-electron chi connectivity index (χ0n) is 18.7. The molecule has 2 aliphatic heterocycles. The number of rotatable bonds is 4. The number of methoxy groups -OCH3 is 1. The first-order valence-electron chi connectivity index (χ1n) is 11.2. The van der Waals surface area contributed by atoms with Crippen LogP contribution in [-0.2, 0) is 9.53 Å². The van der Waals surface area contributed by atoms with Crippen LogP contribution in [0.1, 0.15) is 17.5 Å². The third-order valence-corrected chi connectivity index (χ3v) is 6.46. The van der Waals surface area contributed by atoms with Crippen molar-refractivity contribution in [3.8, 4) is 16.9 Å². The molecule has 3 aromatic rings. The summed E-state index contributed by atoms with van der Waals surface area (Å²) < 4.78 is 24.7. The fourth-order valence-electron chi connectivity index (χ4n) is 4.37. The topological polar surface area (TPSA) is 50.8 Å². The normalized spacial score (nSPS) is 16.9. The van der Waals surface area contributed by atoms with Crippen LogP contribution >= 0.6 is 11.6 Å². The number of fused-ring (bicyclic) bond motifs is 1. The van der Waals surface area contributed by atoms with Crippen LogP contribution in [0.15, 0.2) is 54.6 Å². The molecule has 2 aliphatic rings. The molecule has 7 heteroatoms. The lowest BCUT2D eigenvalue weighted by Gasteiger charge is -2.22. The van der Waals surface area contributed by atoms with Crippen molar-refractivity contribution in [1.29, 1.82) is 0 Å². The van der Waals surface area contributed by atoms with E-state index in [1.807, 2.05) is 18.2 Å². The van der Waals surface area contributed by atoms with Gasteiger partial charge in [0, 0.05) is 42.1 Å². The number of hydrogen-bond donors (Lipinski definition) is 1. The molecule has 5 rings (SSSR count). The Balaban J connectivity index is 1.48. The molecular formula is C27H24ClFN2O3. The fraction of sp³-hybridized carbons (Fsp3) is 0.222. The Morgan fingerprint density at radius 3 is 2.65 bits per heavy atom. The van der Waals surface area contributed by atoms with Gasteiger partial charge < -0.3 is 19.7 Å². The van der Waals surface area contributed by atoms with Crippen molar-refractivity contribution < 1.29 is 18.7 Å². The molecule has 34 heavy (non-hydrogen) atoms. The van der Waals surface area contributed by atoms with Gasteiger partial charge >= 0.3 is 0 Å². The van der Waals surface area contributed by atoms with Gasteiger partial charge in [0.2, 0.25) is 0 Å². The minimum absolute atomic E-state index is 0.156. The van der Waals surface area contributed by atoms with Gasteiger partial charge in [-0.15, -0.1) is 0 Å². The van der Waals surface area contributed by atoms with Crippen molar-refractivity contribution in [3.05, 3.63) is 76.6 Å². The summed E-state index contributed by atoms with van der Waals surface area (Å²) in [5.74, 6) is -0.579. The van der Waals surface area contributed by atoms with Gasteiger partial charge in [0.25, 0.3) is 5.91 Å². The first-order valence-corrected chi connectivity index (χ1v) is 11.5. The molecule has 0 radical (unpaired) electrons. The summed E-state index contributed by atoms with van der Waals surface area (Å²) in [5.41, 5.74) is 5.32. The maximum atomic E-state index is 14.2. The summed E-state index contributed by atoms with van der Waals surface area (Å²) in [4.78, 5) is 15.0. The largest absolute Gasteiger partial charge is 0.494 e. The lowest BCUT2D eigenvalue weighted by molar-refractivity contribution is -0.110. The molecule has 1 amide bonds. The number of carbonyl (C=O) groups excluding carboxylic acids is 1. The monoisotopic (exact) mass is 478 g/mol. The molecule has 0 atom stereocenters. The molecule has 0 aliphatic carbocycles. The zero-order chi connectivity index (χ0) is 23.7. The Kier molecular flexibility index (Phi) is 6.26. The first kappa shape index (κ1) is 22.4. The molecule has 1 N–H and O–H groups in total. The van der Waals surface area contributed by atoms with Crippen LogP contribution in [0.25, 0.3) is 22.8 Å². The van der Waals surface area contributed by atoms with E-state index in [0.717, 1.165) is 55.1 Å². The van der Waals surface area contributed by atoms with Crippen molar-refractivity contribution in [2.24, 2.45) is 0 Å². The molecule has 2 heterocycles. The number of nitrogens with one attached hydrogen (secondary N) is 1. The molecule has 0 bridgehead atoms. The van der Waals surface area contributed by atoms with Gasteiger partial charge in [0.15, 0.2) is 11.6 Å². The van der Waals surface area contributed by atoms with E-state index in [9.17, 15) is 9.18 Å². The van der Waals surface area contributed by atoms with Crippen LogP contribution in [0.5, 0.6) is 5.75 Å². The quantitative estimate of drug-likeness (QED) is 0.476. The van der Waals surface area contributed by atoms with E-state index in [2.05, 4.69) is 22.3 Å². The highest BCUT2D eigenvalue weighted by Crippen LogP contribution is 2.41. The maximum Gasteiger partial charge on any atom is 0.256 e. The van der Waals surface area contributed by atoms with Crippen LogP contribution in [-0.4, -0.2) is 39.3 Å². The van der Waals surface area contributed by atoms with Gasteiger partial charge in [0.05, 0.1) is 24.4 Å². The summed E-state index contributed by atoms with van der Waals surface area (Å²) in [5, 5.41) is 3.40. The predicted octanol–water partition coefficient (Wildman–Crippen LogP) is 5.87. The molecule has 0 saturated carbocycles. The van der Waals surface area contributed by atoms with E-state index in [4.69, 9.17) is 21.1 Å². The Hall–Kier alpha value is -3.35. The molecule has 0 spiro atoms. The molecular weight excluding hydrogens is 455 g/mol. The van der Waals surface area contributed by atoms with E-state index in [0.29, 0.717) is 21.8 Å². The summed E-state index contributed by atoms with van der Waals surface area (Å²) in [6.45, 7) is 3.36. The van der Waals surface area contributed by atoms with Crippen LogP contribution in [0.2, 0.25) is 5.02 Å². The number of nitrogens with zero attached hydrogens (tertiary/aromatic N) is 1. The third-order valence-electron chi connectivity index (χ3n) is 6.14. The smallest absolute Gasteiger partial charge is 0.256 e. The number of ether oxygens (including phenoxy) is 2. The molecule has 0 aromatic heterocycles. The van der Waals surface area contributed by atoms with Gasteiger partial charge in [0.1, 0.15) is 0 Å². The van der Waals surface area contributed by atoms with Crippen LogP contribution in [0.4, 0.5) is 15.8 Å². The minimum Gasteiger partial charge on any atom is -0.494 e. The summed E-state index contributed by atoms with van der Waals surface area (Å²) in [6, 6.07) is 16.5. The number of amides is 1. The van der Waals surface area contributed by atoms with E-state index < -0.39 is 5.82 Å². The Morgan fingerprint density at radius 1 is 1.06 bits per heavy atom. The number of hydrogen-bond acceptors (Lipinski definition) is 4. The molecule has 0 unspecified atom stereocenters. The van der Waals surface area contributed by atoms with Crippen molar-refractivity contribution >= 4 is 40.5 Å². The van der Waals surface area contributed by atoms with Gasteiger partial charge in [-0.05, 0) is 60.0 Å². The van der Waals surface area contributed by atoms with Crippen molar-refractivity contribution in [2.45, 2.75) is 6.42 Å². The Bertz CT molecular complexity index is 1270. The molecule has 1 fully saturated rings. The highest BCUT2D eigenvalue weighted by molar-refractivity contribution is 6.38. The van der Waals surface area contributed by atoms with Gasteiger partial charge in [-0.25, -0.2) is 4.39 Å². The van der Waals surface area contributed by atoms with E-state index in [1.54, 1.807) is 24.3 Å². The van der Waals surface area contributed by atoms with Gasteiger partial charge in [-0.2, -0.15) is 0 Å². The van der Waals surface area contributed by atoms with E-state index >= 15 is 0 Å². The van der Waals surface area contributed by atoms with Gasteiger partial charge in [-0.3, -0.25) is 4.79 Å². The average Bonchev–Trinajstić information content (AvgIpc) is 3.00. The predicted molar refractivity (Wildman–Crippen MR) is 134 cm³/mol. The molecule has 3 aromatic carbocycles. The average molecular weight is 479 g/mol. The second kappa shape index (κ2) is 9.49. The first-order chi connectivity index (χ1) is 16.5. The SMILES string of the molecule is COc1ccc(/C=C2\C(=O)Nc3cc(Cl)c(-c4ccc(N5CCCOCC5)cc4)cc32)cc1F. The lowest BCUT2D eigenvalue weighted by atomic mass is 9.97. The van der Waals surface area contributed by atoms with Crippen LogP contribution in [0, 0.1) is 5.82 Å². The Labute approximate surface area is 202 Å². The highest BCUT2D eigenvalue weighted by atomic mass is 35.5. The van der Waals surface area contributed by atoms with E-state index in [1.165, 1.54) is 13.2 Å². The molecule has 5 nitrogen and oxygen atoms in total. The van der Waals surface area contributed by atoms with Crippen molar-refractivity contribution in [3.63, 3.8) is 0 Å². The number of anilines is 2. The van der Waals surface area contributed by atoms with Gasteiger partial charge in [-0.1, -0.05) is 29.8 Å². The van der Waals surface area contributed by atoms with E-state index in [-0.39, 0.29) is 11.7 Å². The Morgan fingerprint density at radius 2 is 1.88 bits per heavy atom.